The van der Waals surface area contributed by atoms with Crippen LogP contribution in [0, 0.1) is 6.92 Å². The minimum absolute atomic E-state index is 0.0453. The van der Waals surface area contributed by atoms with E-state index in [2.05, 4.69) is 27.0 Å². The molecule has 0 saturated heterocycles. The van der Waals surface area contributed by atoms with Gasteiger partial charge in [-0.2, -0.15) is 0 Å². The van der Waals surface area contributed by atoms with Gasteiger partial charge in [0.1, 0.15) is 6.61 Å². The van der Waals surface area contributed by atoms with Gasteiger partial charge in [0.15, 0.2) is 4.96 Å². The van der Waals surface area contributed by atoms with Crippen molar-refractivity contribution < 1.29 is 9.53 Å². The topological polar surface area (TPSA) is 55.6 Å². The first-order valence-corrected chi connectivity index (χ1v) is 7.38. The molecule has 21 heavy (non-hydrogen) atoms. The van der Waals surface area contributed by atoms with E-state index in [1.807, 2.05) is 30.5 Å². The van der Waals surface area contributed by atoms with Crippen molar-refractivity contribution in [2.45, 2.75) is 6.92 Å². The molecule has 108 valence electrons. The van der Waals surface area contributed by atoms with Crippen LogP contribution in [0.3, 0.4) is 0 Å². The summed E-state index contributed by atoms with van der Waals surface area (Å²) in [6.45, 7) is 2.10. The fourth-order valence-corrected chi connectivity index (χ4v) is 2.97. The number of rotatable bonds is 4. The molecule has 0 aliphatic rings. The van der Waals surface area contributed by atoms with Crippen LogP contribution in [0.25, 0.3) is 16.2 Å². The lowest BCUT2D eigenvalue weighted by Gasteiger charge is -2.05. The highest BCUT2D eigenvalue weighted by atomic mass is 32.1. The molecule has 0 radical (unpaired) electrons. The largest absolute Gasteiger partial charge is 0.375 e. The lowest BCUT2D eigenvalue weighted by atomic mass is 10.1. The Morgan fingerprint density at radius 3 is 3.10 bits per heavy atom. The molecule has 0 aliphatic carbocycles. The summed E-state index contributed by atoms with van der Waals surface area (Å²) in [5, 5.41) is 4.87. The van der Waals surface area contributed by atoms with E-state index in [9.17, 15) is 4.79 Å². The number of ether oxygens (including phenoxy) is 1. The van der Waals surface area contributed by atoms with Gasteiger partial charge in [-0.1, -0.05) is 12.1 Å². The Kier molecular flexibility index (Phi) is 3.72. The van der Waals surface area contributed by atoms with E-state index < -0.39 is 0 Å². The van der Waals surface area contributed by atoms with E-state index in [1.54, 1.807) is 11.3 Å². The lowest BCUT2D eigenvalue weighted by molar-refractivity contribution is -0.119. The van der Waals surface area contributed by atoms with Crippen LogP contribution in [0.4, 0.5) is 5.69 Å². The van der Waals surface area contributed by atoms with Crippen molar-refractivity contribution >= 4 is 27.9 Å². The molecule has 5 nitrogen and oxygen atoms in total. The van der Waals surface area contributed by atoms with Crippen LogP contribution in [0.2, 0.25) is 0 Å². The number of methoxy groups -OCH3 is 1. The molecule has 1 aromatic carbocycles. The summed E-state index contributed by atoms with van der Waals surface area (Å²) < 4.78 is 6.87. The predicted molar refractivity (Wildman–Crippen MR) is 83.7 cm³/mol. The lowest BCUT2D eigenvalue weighted by Crippen LogP contribution is -2.16. The van der Waals surface area contributed by atoms with E-state index in [4.69, 9.17) is 4.74 Å². The van der Waals surface area contributed by atoms with Crippen molar-refractivity contribution in [1.29, 1.82) is 0 Å². The standard InChI is InChI=1S/C15H15N3O2S/c1-10-9-21-15-17-13(7-18(10)15)11-4-3-5-12(6-11)16-14(19)8-20-2/h3-7,9H,8H2,1-2H3,(H,16,19). The number of anilines is 1. The number of aryl methyl sites for hydroxylation is 1. The molecule has 0 bridgehead atoms. The Morgan fingerprint density at radius 1 is 1.48 bits per heavy atom. The molecule has 0 unspecified atom stereocenters. The summed E-state index contributed by atoms with van der Waals surface area (Å²) >= 11 is 1.62. The van der Waals surface area contributed by atoms with Crippen LogP contribution >= 0.6 is 11.3 Å². The maximum Gasteiger partial charge on any atom is 0.250 e. The number of benzene rings is 1. The predicted octanol–water partition coefficient (Wildman–Crippen LogP) is 2.96. The SMILES string of the molecule is COCC(=O)Nc1cccc(-c2cn3c(C)csc3n2)c1. The monoisotopic (exact) mass is 301 g/mol. The third kappa shape index (κ3) is 2.81. The van der Waals surface area contributed by atoms with Crippen LogP contribution < -0.4 is 5.32 Å². The minimum atomic E-state index is -0.170. The number of nitrogens with one attached hydrogen (secondary N) is 1. The van der Waals surface area contributed by atoms with Crippen LogP contribution in [0.1, 0.15) is 5.69 Å². The van der Waals surface area contributed by atoms with Crippen molar-refractivity contribution in [1.82, 2.24) is 9.38 Å². The first kappa shape index (κ1) is 13.8. The average molecular weight is 301 g/mol. The second-order valence-electron chi connectivity index (χ2n) is 4.72. The van der Waals surface area contributed by atoms with Crippen molar-refractivity contribution in [2.24, 2.45) is 0 Å². The quantitative estimate of drug-likeness (QED) is 0.806. The summed E-state index contributed by atoms with van der Waals surface area (Å²) in [4.78, 5) is 17.1. The van der Waals surface area contributed by atoms with Crippen LogP contribution in [-0.2, 0) is 9.53 Å². The Bertz CT molecular complexity index is 791. The number of nitrogens with zero attached hydrogens (tertiary/aromatic N) is 2. The molecule has 3 aromatic rings. The number of amides is 1. The zero-order chi connectivity index (χ0) is 14.8. The molecule has 3 rings (SSSR count). The first-order chi connectivity index (χ1) is 10.2. The average Bonchev–Trinajstić information content (AvgIpc) is 3.02. The van der Waals surface area contributed by atoms with Crippen LogP contribution in [-0.4, -0.2) is 29.0 Å². The third-order valence-electron chi connectivity index (χ3n) is 3.11. The minimum Gasteiger partial charge on any atom is -0.375 e. The highest BCUT2D eigenvalue weighted by Gasteiger charge is 2.08. The van der Waals surface area contributed by atoms with Crippen LogP contribution in [0.15, 0.2) is 35.8 Å². The fourth-order valence-electron chi connectivity index (χ4n) is 2.12. The number of hydrogen-bond acceptors (Lipinski definition) is 4. The van der Waals surface area contributed by atoms with Gasteiger partial charge >= 0.3 is 0 Å². The van der Waals surface area contributed by atoms with E-state index in [1.165, 1.54) is 12.8 Å². The first-order valence-electron chi connectivity index (χ1n) is 6.50. The van der Waals surface area contributed by atoms with E-state index >= 15 is 0 Å². The molecule has 2 aromatic heterocycles. The van der Waals surface area contributed by atoms with E-state index in [-0.39, 0.29) is 12.5 Å². The van der Waals surface area contributed by atoms with Gasteiger partial charge in [0.2, 0.25) is 5.91 Å². The third-order valence-corrected chi connectivity index (χ3v) is 4.06. The zero-order valence-corrected chi connectivity index (χ0v) is 12.6. The van der Waals surface area contributed by atoms with Gasteiger partial charge in [0, 0.05) is 35.6 Å². The molecule has 0 saturated carbocycles. The second-order valence-corrected chi connectivity index (χ2v) is 5.55. The molecule has 2 heterocycles. The van der Waals surface area contributed by atoms with Crippen molar-refractivity contribution in [3.8, 4) is 11.3 Å². The smallest absolute Gasteiger partial charge is 0.250 e. The van der Waals surface area contributed by atoms with Crippen molar-refractivity contribution in [3.63, 3.8) is 0 Å². The molecule has 1 N–H and O–H groups in total. The number of hydrogen-bond donors (Lipinski definition) is 1. The second kappa shape index (κ2) is 5.67. The van der Waals surface area contributed by atoms with Gasteiger partial charge in [0.05, 0.1) is 5.69 Å². The molecule has 0 atom stereocenters. The Morgan fingerprint density at radius 2 is 2.33 bits per heavy atom. The van der Waals surface area contributed by atoms with Gasteiger partial charge < -0.3 is 10.1 Å². The summed E-state index contributed by atoms with van der Waals surface area (Å²) in [7, 11) is 1.50. The molecule has 1 amide bonds. The van der Waals surface area contributed by atoms with Crippen LogP contribution in [0.5, 0.6) is 0 Å². The van der Waals surface area contributed by atoms with Gasteiger partial charge in [0.25, 0.3) is 0 Å². The normalized spacial score (nSPS) is 11.0. The maximum absolute atomic E-state index is 11.6. The molecule has 0 fully saturated rings. The summed E-state index contributed by atoms with van der Waals surface area (Å²) in [6.07, 6.45) is 2.01. The van der Waals surface area contributed by atoms with Gasteiger partial charge in [-0.25, -0.2) is 4.98 Å². The summed E-state index contributed by atoms with van der Waals surface area (Å²) in [5.41, 5.74) is 3.77. The van der Waals surface area contributed by atoms with Gasteiger partial charge in [-0.3, -0.25) is 9.20 Å². The Hall–Kier alpha value is -2.18. The molecular weight excluding hydrogens is 286 g/mol. The molecular formula is C15H15N3O2S. The summed E-state index contributed by atoms with van der Waals surface area (Å²) in [5.74, 6) is -0.170. The van der Waals surface area contributed by atoms with Crippen molar-refractivity contribution in [2.75, 3.05) is 19.0 Å². The number of imidazole rings is 1. The van der Waals surface area contributed by atoms with E-state index in [0.29, 0.717) is 0 Å². The number of fused-ring (bicyclic) bond motifs is 1. The highest BCUT2D eigenvalue weighted by molar-refractivity contribution is 7.15. The zero-order valence-electron chi connectivity index (χ0n) is 11.8. The molecule has 0 spiro atoms. The van der Waals surface area contributed by atoms with Crippen molar-refractivity contribution in [3.05, 3.63) is 41.5 Å². The number of thiazole rings is 1. The van der Waals surface area contributed by atoms with E-state index in [0.717, 1.165) is 21.9 Å². The number of aromatic nitrogens is 2. The molecule has 6 heteroatoms. The summed E-state index contributed by atoms with van der Waals surface area (Å²) in [6, 6.07) is 7.64. The number of carbonyl (C=O) groups is 1. The van der Waals surface area contributed by atoms with Gasteiger partial charge in [-0.15, -0.1) is 11.3 Å². The van der Waals surface area contributed by atoms with Gasteiger partial charge in [-0.05, 0) is 19.1 Å². The highest BCUT2D eigenvalue weighted by Crippen LogP contribution is 2.25. The Labute approximate surface area is 126 Å². The maximum atomic E-state index is 11.6. The number of carbonyl (C=O) groups excluding carboxylic acids is 1. The molecule has 0 aliphatic heterocycles. The fraction of sp³-hybridized carbons (Fsp3) is 0.200. The Balaban J connectivity index is 1.89.